The van der Waals surface area contributed by atoms with E-state index >= 15 is 0 Å². The van der Waals surface area contributed by atoms with Crippen LogP contribution >= 0.6 is 0 Å². The van der Waals surface area contributed by atoms with E-state index in [1.165, 1.54) is 6.92 Å². The average molecular weight is 129 g/mol. The SMILES string of the molecule is CC1(O)CNC(=O)C1=O. The van der Waals surface area contributed by atoms with Crippen molar-refractivity contribution < 1.29 is 14.7 Å². The van der Waals surface area contributed by atoms with Crippen LogP contribution in [0.25, 0.3) is 0 Å². The number of aliphatic hydroxyl groups is 1. The van der Waals surface area contributed by atoms with Crippen LogP contribution in [0.1, 0.15) is 6.92 Å². The second-order valence-corrected chi connectivity index (χ2v) is 2.29. The highest BCUT2D eigenvalue weighted by molar-refractivity contribution is 6.41. The molecule has 2 N–H and O–H groups in total. The molecule has 1 atom stereocenters. The van der Waals surface area contributed by atoms with Gasteiger partial charge in [-0.15, -0.1) is 0 Å². The number of rotatable bonds is 0. The van der Waals surface area contributed by atoms with Crippen molar-refractivity contribution in [3.63, 3.8) is 0 Å². The molecule has 1 aliphatic rings. The van der Waals surface area contributed by atoms with Crippen molar-refractivity contribution in [1.29, 1.82) is 0 Å². The molecule has 0 aliphatic carbocycles. The van der Waals surface area contributed by atoms with Crippen LogP contribution in [0.5, 0.6) is 0 Å². The Balaban J connectivity index is 2.86. The fourth-order valence-electron chi connectivity index (χ4n) is 0.658. The number of β-amino-alcohol motifs (C(OH)–C–C–N with tert-alkyl or cyclic N) is 1. The van der Waals surface area contributed by atoms with E-state index in [0.717, 1.165) is 0 Å². The van der Waals surface area contributed by atoms with Crippen molar-refractivity contribution in [3.05, 3.63) is 0 Å². The van der Waals surface area contributed by atoms with E-state index in [1.54, 1.807) is 0 Å². The van der Waals surface area contributed by atoms with E-state index in [9.17, 15) is 9.59 Å². The topological polar surface area (TPSA) is 66.4 Å². The van der Waals surface area contributed by atoms with Crippen molar-refractivity contribution in [3.8, 4) is 0 Å². The molecule has 0 spiro atoms. The Kier molecular flexibility index (Phi) is 1.06. The van der Waals surface area contributed by atoms with Gasteiger partial charge in [0.2, 0.25) is 0 Å². The van der Waals surface area contributed by atoms with Crippen molar-refractivity contribution >= 4 is 11.7 Å². The maximum atomic E-state index is 10.6. The summed E-state index contributed by atoms with van der Waals surface area (Å²) in [6.07, 6.45) is 0. The average Bonchev–Trinajstić information content (AvgIpc) is 1.97. The highest BCUT2D eigenvalue weighted by Crippen LogP contribution is 2.08. The minimum absolute atomic E-state index is 0.0324. The Hall–Kier alpha value is -0.900. The molecule has 1 aliphatic heterocycles. The number of ketones is 1. The van der Waals surface area contributed by atoms with Crippen molar-refractivity contribution in [2.75, 3.05) is 6.54 Å². The second kappa shape index (κ2) is 1.54. The maximum Gasteiger partial charge on any atom is 0.290 e. The fraction of sp³-hybridized carbons (Fsp3) is 0.600. The molecule has 1 unspecified atom stereocenters. The van der Waals surface area contributed by atoms with Crippen LogP contribution < -0.4 is 5.32 Å². The number of Topliss-reactive ketones (excluding diaryl/α,β-unsaturated/α-hetero) is 1. The van der Waals surface area contributed by atoms with Gasteiger partial charge in [-0.05, 0) is 6.92 Å². The monoisotopic (exact) mass is 129 g/mol. The maximum absolute atomic E-state index is 10.6. The summed E-state index contributed by atoms with van der Waals surface area (Å²) >= 11 is 0. The third-order valence-corrected chi connectivity index (χ3v) is 1.29. The van der Waals surface area contributed by atoms with Crippen molar-refractivity contribution in [2.45, 2.75) is 12.5 Å². The first-order valence-electron chi connectivity index (χ1n) is 2.59. The highest BCUT2D eigenvalue weighted by Gasteiger charge is 2.41. The number of carbonyl (C=O) groups is 2. The zero-order valence-corrected chi connectivity index (χ0v) is 4.97. The molecule has 1 amide bonds. The molecule has 0 aromatic rings. The third-order valence-electron chi connectivity index (χ3n) is 1.29. The number of nitrogens with one attached hydrogen (secondary N) is 1. The quantitative estimate of drug-likeness (QED) is 0.388. The van der Waals surface area contributed by atoms with E-state index < -0.39 is 17.3 Å². The van der Waals surface area contributed by atoms with Crippen LogP contribution in [0, 0.1) is 0 Å². The summed E-state index contributed by atoms with van der Waals surface area (Å²) in [5.74, 6) is -1.44. The van der Waals surface area contributed by atoms with Crippen molar-refractivity contribution in [1.82, 2.24) is 5.32 Å². The first kappa shape index (κ1) is 6.22. The Bertz CT molecular complexity index is 173. The molecule has 0 radical (unpaired) electrons. The predicted molar refractivity (Wildman–Crippen MR) is 28.6 cm³/mol. The number of hydrogen-bond donors (Lipinski definition) is 2. The first-order valence-corrected chi connectivity index (χ1v) is 2.59. The minimum atomic E-state index is -1.48. The molecule has 0 bridgehead atoms. The van der Waals surface area contributed by atoms with Gasteiger partial charge < -0.3 is 10.4 Å². The molecule has 4 heteroatoms. The van der Waals surface area contributed by atoms with Gasteiger partial charge in [-0.1, -0.05) is 0 Å². The van der Waals surface area contributed by atoms with Crippen LogP contribution in [-0.4, -0.2) is 28.9 Å². The van der Waals surface area contributed by atoms with Gasteiger partial charge in [0.15, 0.2) is 0 Å². The molecule has 50 valence electrons. The molecule has 1 rings (SSSR count). The molecule has 1 heterocycles. The summed E-state index contributed by atoms with van der Waals surface area (Å²) in [6, 6.07) is 0. The molecule has 9 heavy (non-hydrogen) atoms. The van der Waals surface area contributed by atoms with Crippen LogP contribution in [0.4, 0.5) is 0 Å². The Morgan fingerprint density at radius 2 is 2.22 bits per heavy atom. The first-order chi connectivity index (χ1) is 4.04. The summed E-state index contributed by atoms with van der Waals surface area (Å²) in [4.78, 5) is 20.9. The van der Waals surface area contributed by atoms with Gasteiger partial charge in [0, 0.05) is 0 Å². The molecular formula is C5H7NO3. The van der Waals surface area contributed by atoms with Crippen LogP contribution in [0.15, 0.2) is 0 Å². The van der Waals surface area contributed by atoms with Gasteiger partial charge in [0.1, 0.15) is 5.60 Å². The lowest BCUT2D eigenvalue weighted by Crippen LogP contribution is -2.34. The number of hydrogen-bond acceptors (Lipinski definition) is 3. The van der Waals surface area contributed by atoms with E-state index in [1.807, 2.05) is 0 Å². The Labute approximate surface area is 51.9 Å². The molecular weight excluding hydrogens is 122 g/mol. The van der Waals surface area contributed by atoms with Gasteiger partial charge >= 0.3 is 0 Å². The summed E-state index contributed by atoms with van der Waals surface area (Å²) < 4.78 is 0. The van der Waals surface area contributed by atoms with Gasteiger partial charge in [-0.3, -0.25) is 9.59 Å². The summed E-state index contributed by atoms with van der Waals surface area (Å²) in [5, 5.41) is 11.2. The van der Waals surface area contributed by atoms with Gasteiger partial charge in [-0.2, -0.15) is 0 Å². The van der Waals surface area contributed by atoms with Crippen LogP contribution in [0.2, 0.25) is 0 Å². The molecule has 4 nitrogen and oxygen atoms in total. The smallest absolute Gasteiger partial charge is 0.290 e. The molecule has 0 aromatic carbocycles. The Morgan fingerprint density at radius 1 is 1.67 bits per heavy atom. The van der Waals surface area contributed by atoms with E-state index in [0.29, 0.717) is 0 Å². The van der Waals surface area contributed by atoms with Crippen LogP contribution in [0.3, 0.4) is 0 Å². The second-order valence-electron chi connectivity index (χ2n) is 2.29. The normalized spacial score (nSPS) is 34.9. The third kappa shape index (κ3) is 0.810. The number of carbonyl (C=O) groups excluding carboxylic acids is 2. The Morgan fingerprint density at radius 3 is 2.33 bits per heavy atom. The highest BCUT2D eigenvalue weighted by atomic mass is 16.3. The minimum Gasteiger partial charge on any atom is -0.380 e. The fourth-order valence-corrected chi connectivity index (χ4v) is 0.658. The molecule has 0 saturated carbocycles. The zero-order chi connectivity index (χ0) is 7.07. The number of amides is 1. The summed E-state index contributed by atoms with van der Waals surface area (Å²) in [6.45, 7) is 1.35. The predicted octanol–water partition coefficient (Wildman–Crippen LogP) is -1.56. The lowest BCUT2D eigenvalue weighted by Gasteiger charge is -2.08. The van der Waals surface area contributed by atoms with Crippen molar-refractivity contribution in [2.24, 2.45) is 0 Å². The largest absolute Gasteiger partial charge is 0.380 e. The van der Waals surface area contributed by atoms with Gasteiger partial charge in [0.25, 0.3) is 11.7 Å². The summed E-state index contributed by atoms with van der Waals surface area (Å²) in [5.41, 5.74) is -1.48. The lowest BCUT2D eigenvalue weighted by atomic mass is 10.1. The van der Waals surface area contributed by atoms with Gasteiger partial charge in [-0.25, -0.2) is 0 Å². The zero-order valence-electron chi connectivity index (χ0n) is 4.97. The van der Waals surface area contributed by atoms with E-state index in [2.05, 4.69) is 5.32 Å². The molecule has 1 fully saturated rings. The van der Waals surface area contributed by atoms with E-state index in [-0.39, 0.29) is 6.54 Å². The molecule has 0 aromatic heterocycles. The van der Waals surface area contributed by atoms with E-state index in [4.69, 9.17) is 5.11 Å². The molecule has 1 saturated heterocycles. The van der Waals surface area contributed by atoms with Gasteiger partial charge in [0.05, 0.1) is 6.54 Å². The summed E-state index contributed by atoms with van der Waals surface area (Å²) in [7, 11) is 0. The standard InChI is InChI=1S/C5H7NO3/c1-5(9)2-6-4(8)3(5)7/h9H,2H2,1H3,(H,6,8). The van der Waals surface area contributed by atoms with Crippen LogP contribution in [-0.2, 0) is 9.59 Å². The lowest BCUT2D eigenvalue weighted by molar-refractivity contribution is -0.142.